The summed E-state index contributed by atoms with van der Waals surface area (Å²) >= 11 is 3.48. The van der Waals surface area contributed by atoms with Crippen molar-refractivity contribution in [3.05, 3.63) is 45.2 Å². The molecule has 0 bridgehead atoms. The van der Waals surface area contributed by atoms with Gasteiger partial charge in [-0.05, 0) is 62.2 Å². The zero-order chi connectivity index (χ0) is 15.7. The molecule has 4 nitrogen and oxygen atoms in total. The van der Waals surface area contributed by atoms with E-state index in [1.165, 1.54) is 0 Å². The van der Waals surface area contributed by atoms with Crippen molar-refractivity contribution in [1.29, 1.82) is 0 Å². The van der Waals surface area contributed by atoms with E-state index in [9.17, 15) is 4.79 Å². The van der Waals surface area contributed by atoms with Gasteiger partial charge in [0.25, 0.3) is 5.91 Å². The third-order valence-corrected chi connectivity index (χ3v) is 4.54. The van der Waals surface area contributed by atoms with Gasteiger partial charge in [-0.1, -0.05) is 12.1 Å². The minimum absolute atomic E-state index is 0.125. The van der Waals surface area contributed by atoms with Crippen molar-refractivity contribution in [2.75, 3.05) is 5.32 Å². The van der Waals surface area contributed by atoms with Gasteiger partial charge in [0.2, 0.25) is 0 Å². The lowest BCUT2D eigenvalue weighted by Crippen LogP contribution is -2.14. The molecule has 0 saturated carbocycles. The van der Waals surface area contributed by atoms with Crippen LogP contribution in [0.3, 0.4) is 0 Å². The zero-order valence-electron chi connectivity index (χ0n) is 13.0. The fourth-order valence-corrected chi connectivity index (χ4v) is 2.79. The summed E-state index contributed by atoms with van der Waals surface area (Å²) < 4.78 is 2.75. The lowest BCUT2D eigenvalue weighted by molar-refractivity contribution is 0.102. The fraction of sp³-hybridized carbons (Fsp3) is 0.375. The molecule has 0 spiro atoms. The van der Waals surface area contributed by atoms with Crippen molar-refractivity contribution in [2.45, 2.75) is 40.7 Å². The molecule has 0 aliphatic rings. The second-order valence-electron chi connectivity index (χ2n) is 5.47. The van der Waals surface area contributed by atoms with Gasteiger partial charge in [-0.15, -0.1) is 0 Å². The van der Waals surface area contributed by atoms with E-state index in [-0.39, 0.29) is 11.9 Å². The summed E-state index contributed by atoms with van der Waals surface area (Å²) in [6.07, 6.45) is 0. The number of rotatable bonds is 3. The molecule has 2 rings (SSSR count). The first kappa shape index (κ1) is 15.8. The predicted octanol–water partition coefficient (Wildman–Crippen LogP) is 4.40. The van der Waals surface area contributed by atoms with Gasteiger partial charge in [0, 0.05) is 10.5 Å². The number of benzene rings is 1. The van der Waals surface area contributed by atoms with Crippen molar-refractivity contribution < 1.29 is 4.79 Å². The maximum absolute atomic E-state index is 12.5. The number of amides is 1. The second kappa shape index (κ2) is 6.02. The van der Waals surface area contributed by atoms with Crippen molar-refractivity contribution in [1.82, 2.24) is 9.78 Å². The monoisotopic (exact) mass is 349 g/mol. The Hall–Kier alpha value is -1.62. The molecule has 2 aromatic rings. The molecule has 1 amide bonds. The number of carbonyl (C=O) groups is 1. The quantitative estimate of drug-likeness (QED) is 0.892. The summed E-state index contributed by atoms with van der Waals surface area (Å²) in [4.78, 5) is 12.5. The number of anilines is 1. The van der Waals surface area contributed by atoms with Crippen LogP contribution < -0.4 is 5.32 Å². The third kappa shape index (κ3) is 3.02. The predicted molar refractivity (Wildman–Crippen MR) is 88.9 cm³/mol. The first-order valence-electron chi connectivity index (χ1n) is 6.95. The molecule has 0 unspecified atom stereocenters. The van der Waals surface area contributed by atoms with Crippen LogP contribution in [0.4, 0.5) is 5.69 Å². The van der Waals surface area contributed by atoms with Crippen molar-refractivity contribution in [3.63, 3.8) is 0 Å². The van der Waals surface area contributed by atoms with Crippen LogP contribution in [-0.2, 0) is 0 Å². The average Bonchev–Trinajstić information content (AvgIpc) is 2.70. The van der Waals surface area contributed by atoms with Gasteiger partial charge >= 0.3 is 0 Å². The number of nitrogens with one attached hydrogen (secondary N) is 1. The SMILES string of the molecule is Cc1cccc(C(=O)Nc2c(C)nn(C(C)C)c2C)c1Br. The van der Waals surface area contributed by atoms with Gasteiger partial charge in [0.15, 0.2) is 0 Å². The number of aromatic nitrogens is 2. The van der Waals surface area contributed by atoms with Crippen LogP contribution in [0, 0.1) is 20.8 Å². The third-order valence-electron chi connectivity index (χ3n) is 3.49. The summed E-state index contributed by atoms with van der Waals surface area (Å²) in [6.45, 7) is 9.99. The van der Waals surface area contributed by atoms with E-state index >= 15 is 0 Å². The van der Waals surface area contributed by atoms with E-state index in [2.05, 4.69) is 40.2 Å². The number of halogens is 1. The summed E-state index contributed by atoms with van der Waals surface area (Å²) in [5, 5.41) is 7.47. The van der Waals surface area contributed by atoms with E-state index < -0.39 is 0 Å². The highest BCUT2D eigenvalue weighted by atomic mass is 79.9. The smallest absolute Gasteiger partial charge is 0.256 e. The molecule has 0 aliphatic carbocycles. The largest absolute Gasteiger partial charge is 0.319 e. The molecule has 21 heavy (non-hydrogen) atoms. The Morgan fingerprint density at radius 2 is 1.95 bits per heavy atom. The second-order valence-corrected chi connectivity index (χ2v) is 6.27. The van der Waals surface area contributed by atoms with E-state index in [0.717, 1.165) is 27.1 Å². The van der Waals surface area contributed by atoms with Gasteiger partial charge in [-0.3, -0.25) is 9.48 Å². The topological polar surface area (TPSA) is 46.9 Å². The molecule has 0 aliphatic heterocycles. The van der Waals surface area contributed by atoms with E-state index in [1.807, 2.05) is 43.7 Å². The Bertz CT molecular complexity index is 689. The molecule has 112 valence electrons. The van der Waals surface area contributed by atoms with Gasteiger partial charge in [0.05, 0.1) is 22.6 Å². The summed E-state index contributed by atoms with van der Waals surface area (Å²) in [6, 6.07) is 5.92. The van der Waals surface area contributed by atoms with Gasteiger partial charge in [-0.25, -0.2) is 0 Å². The van der Waals surface area contributed by atoms with Crippen LogP contribution in [-0.4, -0.2) is 15.7 Å². The summed E-state index contributed by atoms with van der Waals surface area (Å²) in [5.74, 6) is -0.125. The highest BCUT2D eigenvalue weighted by molar-refractivity contribution is 9.10. The van der Waals surface area contributed by atoms with Gasteiger partial charge in [-0.2, -0.15) is 5.10 Å². The molecule has 1 heterocycles. The number of hydrogen-bond acceptors (Lipinski definition) is 2. The summed E-state index contributed by atoms with van der Waals surface area (Å²) in [7, 11) is 0. The first-order valence-corrected chi connectivity index (χ1v) is 7.74. The normalized spacial score (nSPS) is 11.0. The maximum Gasteiger partial charge on any atom is 0.256 e. The zero-order valence-corrected chi connectivity index (χ0v) is 14.6. The van der Waals surface area contributed by atoms with Crippen LogP contribution in [0.15, 0.2) is 22.7 Å². The number of hydrogen-bond donors (Lipinski definition) is 1. The van der Waals surface area contributed by atoms with Crippen LogP contribution >= 0.6 is 15.9 Å². The molecule has 0 fully saturated rings. The lowest BCUT2D eigenvalue weighted by atomic mass is 10.1. The van der Waals surface area contributed by atoms with E-state index in [1.54, 1.807) is 0 Å². The minimum Gasteiger partial charge on any atom is -0.319 e. The Labute approximate surface area is 133 Å². The number of nitrogens with zero attached hydrogens (tertiary/aromatic N) is 2. The Morgan fingerprint density at radius 1 is 1.29 bits per heavy atom. The average molecular weight is 350 g/mol. The van der Waals surface area contributed by atoms with Crippen molar-refractivity contribution in [3.8, 4) is 0 Å². The maximum atomic E-state index is 12.5. The van der Waals surface area contributed by atoms with Gasteiger partial charge < -0.3 is 5.32 Å². The Balaban J connectivity index is 2.34. The highest BCUT2D eigenvalue weighted by Crippen LogP contribution is 2.25. The lowest BCUT2D eigenvalue weighted by Gasteiger charge is -2.10. The van der Waals surface area contributed by atoms with Crippen LogP contribution in [0.25, 0.3) is 0 Å². The Morgan fingerprint density at radius 3 is 2.52 bits per heavy atom. The number of aryl methyl sites for hydroxylation is 2. The van der Waals surface area contributed by atoms with Crippen LogP contribution in [0.5, 0.6) is 0 Å². The van der Waals surface area contributed by atoms with Crippen LogP contribution in [0.1, 0.15) is 47.2 Å². The molecule has 0 saturated heterocycles. The van der Waals surface area contributed by atoms with Gasteiger partial charge in [0.1, 0.15) is 0 Å². The highest BCUT2D eigenvalue weighted by Gasteiger charge is 2.18. The van der Waals surface area contributed by atoms with Crippen LogP contribution in [0.2, 0.25) is 0 Å². The van der Waals surface area contributed by atoms with Crippen molar-refractivity contribution >= 4 is 27.5 Å². The first-order chi connectivity index (χ1) is 9.82. The molecule has 1 N–H and O–H groups in total. The standard InChI is InChI=1S/C16H20BrN3O/c1-9(2)20-12(5)15(11(4)19-20)18-16(21)13-8-6-7-10(3)14(13)17/h6-9H,1-5H3,(H,18,21). The Kier molecular flexibility index (Phi) is 4.52. The number of carbonyl (C=O) groups excluding carboxylic acids is 1. The fourth-order valence-electron chi connectivity index (χ4n) is 2.35. The van der Waals surface area contributed by atoms with E-state index in [4.69, 9.17) is 0 Å². The molecular weight excluding hydrogens is 330 g/mol. The molecular formula is C16H20BrN3O. The molecule has 1 aromatic carbocycles. The molecule has 5 heteroatoms. The summed E-state index contributed by atoms with van der Waals surface area (Å²) in [5.41, 5.74) is 4.26. The minimum atomic E-state index is -0.125. The molecule has 1 aromatic heterocycles. The molecule has 0 atom stereocenters. The molecule has 0 radical (unpaired) electrons. The van der Waals surface area contributed by atoms with Crippen molar-refractivity contribution in [2.24, 2.45) is 0 Å². The van der Waals surface area contributed by atoms with E-state index in [0.29, 0.717) is 5.56 Å².